The van der Waals surface area contributed by atoms with Crippen LogP contribution in [0.2, 0.25) is 0 Å². The van der Waals surface area contributed by atoms with Crippen molar-refractivity contribution in [1.82, 2.24) is 0 Å². The molecule has 0 unspecified atom stereocenters. The Balaban J connectivity index is 1.81. The SMILES string of the molecule is CCCCCCCCOCCc1c(CS(=O)(=O)c2ccc(O)cc2)cccc1CS(=O)(=O)c1ccc(O)cc1. The van der Waals surface area contributed by atoms with Crippen molar-refractivity contribution in [2.45, 2.75) is 73.2 Å². The molecule has 0 spiro atoms. The Morgan fingerprint density at radius 3 is 1.56 bits per heavy atom. The smallest absolute Gasteiger partial charge is 0.182 e. The molecule has 0 saturated heterocycles. The fourth-order valence-corrected chi connectivity index (χ4v) is 7.22. The summed E-state index contributed by atoms with van der Waals surface area (Å²) in [5.41, 5.74) is 1.68. The van der Waals surface area contributed by atoms with E-state index in [9.17, 15) is 27.0 Å². The van der Waals surface area contributed by atoms with E-state index in [-0.39, 0.29) is 32.8 Å². The van der Waals surface area contributed by atoms with Crippen molar-refractivity contribution in [3.63, 3.8) is 0 Å². The number of hydrogen-bond acceptors (Lipinski definition) is 7. The number of rotatable bonds is 16. The van der Waals surface area contributed by atoms with Gasteiger partial charge in [-0.25, -0.2) is 16.8 Å². The molecular weight excluding hydrogens is 536 g/mol. The van der Waals surface area contributed by atoms with Crippen LogP contribution in [0.25, 0.3) is 0 Å². The molecule has 0 saturated carbocycles. The molecule has 0 aliphatic heterocycles. The normalized spacial score (nSPS) is 12.0. The van der Waals surface area contributed by atoms with Gasteiger partial charge < -0.3 is 14.9 Å². The molecule has 2 N–H and O–H groups in total. The Labute approximate surface area is 232 Å². The lowest BCUT2D eigenvalue weighted by molar-refractivity contribution is 0.132. The van der Waals surface area contributed by atoms with Crippen LogP contribution in [-0.4, -0.2) is 40.3 Å². The lowest BCUT2D eigenvalue weighted by atomic mass is 10.0. The van der Waals surface area contributed by atoms with Crippen LogP contribution >= 0.6 is 0 Å². The first kappa shape index (κ1) is 30.7. The second kappa shape index (κ2) is 14.5. The van der Waals surface area contributed by atoms with Gasteiger partial charge in [0, 0.05) is 6.61 Å². The summed E-state index contributed by atoms with van der Waals surface area (Å²) in [5.74, 6) is -0.674. The molecule has 0 atom stereocenters. The van der Waals surface area contributed by atoms with Crippen LogP contribution in [0.3, 0.4) is 0 Å². The molecule has 0 radical (unpaired) electrons. The third-order valence-corrected chi connectivity index (χ3v) is 9.95. The summed E-state index contributed by atoms with van der Waals surface area (Å²) in [6.45, 7) is 3.12. The second-order valence-corrected chi connectivity index (χ2v) is 13.7. The Kier molecular flexibility index (Phi) is 11.4. The van der Waals surface area contributed by atoms with Crippen molar-refractivity contribution in [2.75, 3.05) is 13.2 Å². The molecule has 9 heteroatoms. The highest BCUT2D eigenvalue weighted by molar-refractivity contribution is 7.91. The van der Waals surface area contributed by atoms with Crippen LogP contribution in [0.15, 0.2) is 76.5 Å². The van der Waals surface area contributed by atoms with Crippen molar-refractivity contribution in [2.24, 2.45) is 0 Å². The van der Waals surface area contributed by atoms with Crippen LogP contribution in [0.1, 0.15) is 62.1 Å². The summed E-state index contributed by atoms with van der Waals surface area (Å²) in [7, 11) is -7.50. The number of phenols is 2. The summed E-state index contributed by atoms with van der Waals surface area (Å²) >= 11 is 0. The minimum absolute atomic E-state index is 0.0291. The van der Waals surface area contributed by atoms with E-state index in [0.29, 0.717) is 36.3 Å². The maximum absolute atomic E-state index is 13.2. The second-order valence-electron chi connectivity index (χ2n) is 9.69. The number of phenolic OH excluding ortho intramolecular Hbond substituents is 2. The molecule has 3 rings (SSSR count). The molecule has 7 nitrogen and oxygen atoms in total. The quantitative estimate of drug-likeness (QED) is 0.203. The summed E-state index contributed by atoms with van der Waals surface area (Å²) < 4.78 is 58.6. The fraction of sp³-hybridized carbons (Fsp3) is 0.400. The molecule has 3 aromatic carbocycles. The van der Waals surface area contributed by atoms with Crippen molar-refractivity contribution >= 4 is 19.7 Å². The minimum atomic E-state index is -3.75. The number of aromatic hydroxyl groups is 2. The average Bonchev–Trinajstić information content (AvgIpc) is 2.89. The zero-order valence-electron chi connectivity index (χ0n) is 22.4. The van der Waals surface area contributed by atoms with Gasteiger partial charge in [-0.15, -0.1) is 0 Å². The highest BCUT2D eigenvalue weighted by Crippen LogP contribution is 2.27. The topological polar surface area (TPSA) is 118 Å². The molecule has 0 bridgehead atoms. The first-order valence-electron chi connectivity index (χ1n) is 13.3. The lowest BCUT2D eigenvalue weighted by Crippen LogP contribution is -2.13. The number of unbranched alkanes of at least 4 members (excludes halogenated alkanes) is 5. The largest absolute Gasteiger partial charge is 0.508 e. The number of hydrogen-bond donors (Lipinski definition) is 2. The van der Waals surface area contributed by atoms with Crippen LogP contribution in [0, 0.1) is 0 Å². The third kappa shape index (κ3) is 9.37. The van der Waals surface area contributed by atoms with Crippen molar-refractivity contribution in [3.05, 3.63) is 83.4 Å². The van der Waals surface area contributed by atoms with Gasteiger partial charge in [0.2, 0.25) is 0 Å². The maximum Gasteiger partial charge on any atom is 0.182 e. The van der Waals surface area contributed by atoms with E-state index in [1.165, 1.54) is 74.2 Å². The van der Waals surface area contributed by atoms with Gasteiger partial charge in [-0.1, -0.05) is 57.2 Å². The zero-order valence-corrected chi connectivity index (χ0v) is 24.0. The van der Waals surface area contributed by atoms with E-state index in [1.54, 1.807) is 18.2 Å². The predicted molar refractivity (Wildman–Crippen MR) is 152 cm³/mol. The molecule has 39 heavy (non-hydrogen) atoms. The molecule has 0 heterocycles. The molecule has 0 aliphatic carbocycles. The first-order chi connectivity index (χ1) is 18.6. The Hall–Kier alpha value is -2.88. The summed E-state index contributed by atoms with van der Waals surface area (Å²) in [4.78, 5) is 0.153. The van der Waals surface area contributed by atoms with E-state index in [2.05, 4.69) is 6.92 Å². The third-order valence-electron chi connectivity index (χ3n) is 6.59. The maximum atomic E-state index is 13.2. The molecule has 3 aromatic rings. The fourth-order valence-electron chi connectivity index (χ4n) is 4.42. The van der Waals surface area contributed by atoms with Gasteiger partial charge in [0.15, 0.2) is 19.7 Å². The number of sulfone groups is 2. The van der Waals surface area contributed by atoms with E-state index < -0.39 is 19.7 Å². The van der Waals surface area contributed by atoms with Gasteiger partial charge in [0.25, 0.3) is 0 Å². The van der Waals surface area contributed by atoms with Crippen LogP contribution in [0.4, 0.5) is 0 Å². The summed E-state index contributed by atoms with van der Waals surface area (Å²) in [6.07, 6.45) is 7.24. The van der Waals surface area contributed by atoms with Gasteiger partial charge in [0.05, 0.1) is 27.9 Å². The standard InChI is InChI=1S/C30H38O7S2/c1-2-3-4-5-6-7-20-37-21-19-30-24(22-38(33,34)28-15-11-26(31)12-16-28)9-8-10-25(30)23-39(35,36)29-17-13-27(32)14-18-29/h8-18,31-32H,2-7,19-23H2,1H3. The highest BCUT2D eigenvalue weighted by atomic mass is 32.2. The predicted octanol–water partition coefficient (Wildman–Crippen LogP) is 5.97. The lowest BCUT2D eigenvalue weighted by Gasteiger charge is -2.16. The molecule has 0 fully saturated rings. The average molecular weight is 575 g/mol. The first-order valence-corrected chi connectivity index (χ1v) is 16.6. The van der Waals surface area contributed by atoms with Crippen molar-refractivity contribution in [1.29, 1.82) is 0 Å². The van der Waals surface area contributed by atoms with Gasteiger partial charge in [-0.3, -0.25) is 0 Å². The van der Waals surface area contributed by atoms with Gasteiger partial charge in [-0.2, -0.15) is 0 Å². The minimum Gasteiger partial charge on any atom is -0.508 e. The Morgan fingerprint density at radius 1 is 0.615 bits per heavy atom. The van der Waals surface area contributed by atoms with E-state index in [0.717, 1.165) is 12.8 Å². The highest BCUT2D eigenvalue weighted by Gasteiger charge is 2.22. The molecular formula is C30H38O7S2. The van der Waals surface area contributed by atoms with Crippen LogP contribution in [-0.2, 0) is 42.3 Å². The van der Waals surface area contributed by atoms with Gasteiger partial charge in [-0.05, 0) is 78.1 Å². The molecule has 212 valence electrons. The summed E-state index contributed by atoms with van der Waals surface area (Å²) in [5, 5.41) is 19.1. The Bertz CT molecular complexity index is 1300. The molecule has 0 aromatic heterocycles. The van der Waals surface area contributed by atoms with Crippen molar-refractivity contribution < 1.29 is 31.8 Å². The van der Waals surface area contributed by atoms with Gasteiger partial charge in [0.1, 0.15) is 11.5 Å². The Morgan fingerprint density at radius 2 is 1.08 bits per heavy atom. The number of benzene rings is 3. The van der Waals surface area contributed by atoms with Crippen LogP contribution in [0.5, 0.6) is 11.5 Å². The van der Waals surface area contributed by atoms with E-state index >= 15 is 0 Å². The van der Waals surface area contributed by atoms with E-state index in [4.69, 9.17) is 4.74 Å². The molecule has 0 amide bonds. The van der Waals surface area contributed by atoms with Crippen molar-refractivity contribution in [3.8, 4) is 11.5 Å². The molecule has 0 aliphatic rings. The van der Waals surface area contributed by atoms with Gasteiger partial charge >= 0.3 is 0 Å². The number of ether oxygens (including phenoxy) is 1. The van der Waals surface area contributed by atoms with Crippen LogP contribution < -0.4 is 0 Å². The zero-order chi connectivity index (χ0) is 28.3. The monoisotopic (exact) mass is 574 g/mol. The summed E-state index contributed by atoms with van der Waals surface area (Å²) in [6, 6.07) is 15.8. The van der Waals surface area contributed by atoms with E-state index in [1.807, 2.05) is 0 Å².